The number of Topliss-reactive ketones (excluding diaryl/α,β-unsaturated/α-hetero) is 1. The minimum absolute atomic E-state index is 0.0403. The molecule has 7 nitrogen and oxygen atoms in total. The van der Waals surface area contributed by atoms with Crippen molar-refractivity contribution in [3.05, 3.63) is 65.2 Å². The molecule has 40 heavy (non-hydrogen) atoms. The molecule has 2 fully saturated rings. The number of nitrogens with two attached hydrogens (primary N) is 1. The summed E-state index contributed by atoms with van der Waals surface area (Å²) in [6.07, 6.45) is 4.99. The van der Waals surface area contributed by atoms with Crippen LogP contribution in [0, 0.1) is 29.4 Å². The number of para-hydroxylation sites is 1. The summed E-state index contributed by atoms with van der Waals surface area (Å²) in [5, 5.41) is 0. The van der Waals surface area contributed by atoms with Gasteiger partial charge in [0.15, 0.2) is 11.4 Å². The number of esters is 1. The predicted octanol–water partition coefficient (Wildman–Crippen LogP) is 4.46. The van der Waals surface area contributed by atoms with E-state index < -0.39 is 35.0 Å². The van der Waals surface area contributed by atoms with Gasteiger partial charge in [0, 0.05) is 12.0 Å². The highest BCUT2D eigenvalue weighted by atomic mass is 19.1. The Bertz CT molecular complexity index is 1250. The first-order chi connectivity index (χ1) is 19.2. The molecule has 2 aromatic carbocycles. The lowest BCUT2D eigenvalue weighted by molar-refractivity contribution is -0.177. The van der Waals surface area contributed by atoms with Crippen LogP contribution in [0.5, 0.6) is 5.75 Å². The van der Waals surface area contributed by atoms with Crippen molar-refractivity contribution < 1.29 is 32.6 Å². The van der Waals surface area contributed by atoms with Gasteiger partial charge in [-0.2, -0.15) is 0 Å². The number of primary amides is 1. The zero-order valence-electron chi connectivity index (χ0n) is 22.6. The van der Waals surface area contributed by atoms with Gasteiger partial charge in [-0.3, -0.25) is 14.4 Å². The molecule has 1 amide bonds. The van der Waals surface area contributed by atoms with E-state index in [2.05, 4.69) is 4.90 Å². The molecular formula is C31H36F2N2O5. The van der Waals surface area contributed by atoms with Gasteiger partial charge in [-0.1, -0.05) is 18.2 Å². The molecule has 214 valence electrons. The van der Waals surface area contributed by atoms with E-state index in [1.54, 1.807) is 0 Å². The fraction of sp³-hybridized carbons (Fsp3) is 0.516. The highest BCUT2D eigenvalue weighted by Gasteiger charge is 2.45. The Labute approximate surface area is 233 Å². The van der Waals surface area contributed by atoms with Crippen LogP contribution in [0.25, 0.3) is 0 Å². The number of halogens is 2. The molecule has 0 radical (unpaired) electrons. The van der Waals surface area contributed by atoms with Gasteiger partial charge in [0.25, 0.3) is 5.91 Å². The third kappa shape index (κ3) is 6.19. The average molecular weight is 555 g/mol. The first kappa shape index (κ1) is 28.2. The summed E-state index contributed by atoms with van der Waals surface area (Å²) in [4.78, 5) is 40.5. The lowest BCUT2D eigenvalue weighted by atomic mass is 9.76. The molecule has 1 atom stereocenters. The second-order valence-electron chi connectivity index (χ2n) is 11.4. The van der Waals surface area contributed by atoms with Crippen molar-refractivity contribution >= 4 is 17.7 Å². The quantitative estimate of drug-likeness (QED) is 0.382. The molecule has 1 unspecified atom stereocenters. The number of rotatable bonds is 8. The van der Waals surface area contributed by atoms with Crippen molar-refractivity contribution in [2.75, 3.05) is 26.2 Å². The minimum Gasteiger partial charge on any atom is -0.492 e. The molecular weight excluding hydrogens is 518 g/mol. The standard InChI is InChI=1S/C31H36F2N2O5/c32-24-5-6-25(26(33)18-24)28(36)21-10-15-35(16-11-21)14-9-20-7-12-31(13-8-20,30(34)38)40-29(37)23-17-22-3-1-2-4-27(22)39-19-23/h1-6,18,20-21,23H,7-17,19H2,(H2,34,38). The Morgan fingerprint density at radius 2 is 1.73 bits per heavy atom. The maximum absolute atomic E-state index is 14.0. The number of nitrogens with zero attached hydrogens (tertiary/aromatic N) is 1. The second-order valence-corrected chi connectivity index (χ2v) is 11.4. The molecule has 2 aromatic rings. The SMILES string of the molecule is NC(=O)C1(OC(=O)C2COc3ccccc3C2)CCC(CCN2CCC(C(=O)c3ccc(F)cc3F)CC2)CC1. The number of benzene rings is 2. The smallest absolute Gasteiger partial charge is 0.313 e. The fourth-order valence-corrected chi connectivity index (χ4v) is 6.28. The number of carbonyl (C=O) groups is 3. The van der Waals surface area contributed by atoms with Gasteiger partial charge in [-0.15, -0.1) is 0 Å². The van der Waals surface area contributed by atoms with Gasteiger partial charge in [0.2, 0.25) is 0 Å². The van der Waals surface area contributed by atoms with Crippen LogP contribution in [0.15, 0.2) is 42.5 Å². The van der Waals surface area contributed by atoms with Crippen molar-refractivity contribution in [2.45, 2.75) is 57.0 Å². The van der Waals surface area contributed by atoms with Crippen LogP contribution in [0.2, 0.25) is 0 Å². The third-order valence-electron chi connectivity index (χ3n) is 8.88. The minimum atomic E-state index is -1.28. The zero-order chi connectivity index (χ0) is 28.3. The third-order valence-corrected chi connectivity index (χ3v) is 8.88. The van der Waals surface area contributed by atoms with Crippen molar-refractivity contribution in [3.8, 4) is 5.75 Å². The monoisotopic (exact) mass is 554 g/mol. The predicted molar refractivity (Wildman–Crippen MR) is 144 cm³/mol. The highest BCUT2D eigenvalue weighted by molar-refractivity contribution is 5.98. The van der Waals surface area contributed by atoms with E-state index in [0.29, 0.717) is 38.0 Å². The first-order valence-corrected chi connectivity index (χ1v) is 14.2. The Morgan fingerprint density at radius 3 is 2.42 bits per heavy atom. The summed E-state index contributed by atoms with van der Waals surface area (Å²) >= 11 is 0. The van der Waals surface area contributed by atoms with Crippen molar-refractivity contribution in [2.24, 2.45) is 23.5 Å². The van der Waals surface area contributed by atoms with Gasteiger partial charge in [0.1, 0.15) is 24.0 Å². The van der Waals surface area contributed by atoms with Crippen LogP contribution in [-0.4, -0.2) is 54.4 Å². The topological polar surface area (TPSA) is 98.9 Å². The average Bonchev–Trinajstić information content (AvgIpc) is 2.96. The highest BCUT2D eigenvalue weighted by Crippen LogP contribution is 2.38. The number of likely N-dealkylation sites (tertiary alicyclic amines) is 1. The number of ketones is 1. The van der Waals surface area contributed by atoms with Crippen LogP contribution in [0.1, 0.15) is 60.9 Å². The Hall–Kier alpha value is -3.33. The van der Waals surface area contributed by atoms with E-state index in [-0.39, 0.29) is 23.9 Å². The van der Waals surface area contributed by atoms with E-state index in [9.17, 15) is 23.2 Å². The number of carbonyl (C=O) groups excluding carboxylic acids is 3. The number of ether oxygens (including phenoxy) is 2. The van der Waals surface area contributed by atoms with E-state index in [0.717, 1.165) is 62.3 Å². The van der Waals surface area contributed by atoms with Gasteiger partial charge in [0.05, 0.1) is 11.5 Å². The lowest BCUT2D eigenvalue weighted by Gasteiger charge is -2.39. The maximum Gasteiger partial charge on any atom is 0.313 e. The summed E-state index contributed by atoms with van der Waals surface area (Å²) in [7, 11) is 0. The maximum atomic E-state index is 14.0. The van der Waals surface area contributed by atoms with E-state index in [1.165, 1.54) is 6.07 Å². The lowest BCUT2D eigenvalue weighted by Crippen LogP contribution is -2.51. The molecule has 9 heteroatoms. The Balaban J connectivity index is 1.07. The molecule has 1 saturated heterocycles. The molecule has 1 saturated carbocycles. The van der Waals surface area contributed by atoms with Gasteiger partial charge in [-0.25, -0.2) is 8.78 Å². The van der Waals surface area contributed by atoms with Crippen molar-refractivity contribution in [3.63, 3.8) is 0 Å². The van der Waals surface area contributed by atoms with Crippen LogP contribution in [-0.2, 0) is 20.7 Å². The zero-order valence-corrected chi connectivity index (χ0v) is 22.6. The van der Waals surface area contributed by atoms with Crippen LogP contribution >= 0.6 is 0 Å². The molecule has 5 rings (SSSR count). The van der Waals surface area contributed by atoms with Crippen LogP contribution in [0.4, 0.5) is 8.78 Å². The molecule has 0 aromatic heterocycles. The molecule has 0 spiro atoms. The van der Waals surface area contributed by atoms with Crippen molar-refractivity contribution in [1.29, 1.82) is 0 Å². The molecule has 3 aliphatic rings. The van der Waals surface area contributed by atoms with E-state index in [4.69, 9.17) is 15.2 Å². The fourth-order valence-electron chi connectivity index (χ4n) is 6.28. The molecule has 2 aliphatic heterocycles. The number of hydrogen-bond donors (Lipinski definition) is 1. The van der Waals surface area contributed by atoms with Crippen LogP contribution < -0.4 is 10.5 Å². The number of piperidine rings is 1. The normalized spacial score (nSPS) is 25.4. The van der Waals surface area contributed by atoms with Gasteiger partial charge in [-0.05, 0) is 101 Å². The number of hydrogen-bond acceptors (Lipinski definition) is 6. The van der Waals surface area contributed by atoms with E-state index in [1.807, 2.05) is 24.3 Å². The number of fused-ring (bicyclic) bond motifs is 1. The second kappa shape index (κ2) is 12.0. The van der Waals surface area contributed by atoms with Gasteiger partial charge < -0.3 is 20.1 Å². The summed E-state index contributed by atoms with van der Waals surface area (Å²) in [6.45, 7) is 2.55. The number of amides is 1. The Morgan fingerprint density at radius 1 is 1.00 bits per heavy atom. The molecule has 2 heterocycles. The van der Waals surface area contributed by atoms with Gasteiger partial charge >= 0.3 is 5.97 Å². The van der Waals surface area contributed by atoms with Crippen molar-refractivity contribution in [1.82, 2.24) is 4.90 Å². The first-order valence-electron chi connectivity index (χ1n) is 14.2. The summed E-state index contributed by atoms with van der Waals surface area (Å²) < 4.78 is 38.8. The molecule has 2 N–H and O–H groups in total. The summed E-state index contributed by atoms with van der Waals surface area (Å²) in [5.41, 5.74) is 5.39. The molecule has 0 bridgehead atoms. The summed E-state index contributed by atoms with van der Waals surface area (Å²) in [5.74, 6) is -2.38. The Kier molecular flexibility index (Phi) is 8.49. The van der Waals surface area contributed by atoms with Crippen LogP contribution in [0.3, 0.4) is 0 Å². The summed E-state index contributed by atoms with van der Waals surface area (Å²) in [6, 6.07) is 10.7. The van der Waals surface area contributed by atoms with E-state index >= 15 is 0 Å². The largest absolute Gasteiger partial charge is 0.492 e. The molecule has 1 aliphatic carbocycles.